The Bertz CT molecular complexity index is 825. The molecular weight excluding hydrogens is 358 g/mol. The van der Waals surface area contributed by atoms with Gasteiger partial charge in [0.25, 0.3) is 5.91 Å². The molecule has 0 fully saturated rings. The molecule has 1 heterocycles. The molecule has 0 saturated carbocycles. The van der Waals surface area contributed by atoms with Crippen LogP contribution in [0.15, 0.2) is 48.5 Å². The van der Waals surface area contributed by atoms with Gasteiger partial charge >= 0.3 is 5.97 Å². The number of methoxy groups -OCH3 is 1. The van der Waals surface area contributed by atoms with Gasteiger partial charge in [-0.1, -0.05) is 35.9 Å². The summed E-state index contributed by atoms with van der Waals surface area (Å²) in [7, 11) is 1.28. The van der Waals surface area contributed by atoms with Crippen LogP contribution in [-0.2, 0) is 14.3 Å². The minimum Gasteiger partial charge on any atom is -0.479 e. The summed E-state index contributed by atoms with van der Waals surface area (Å²) in [5, 5.41) is 0.418. The van der Waals surface area contributed by atoms with E-state index < -0.39 is 18.2 Å². The second-order valence-corrected chi connectivity index (χ2v) is 6.14. The van der Waals surface area contributed by atoms with Crippen LogP contribution in [0.3, 0.4) is 0 Å². The van der Waals surface area contributed by atoms with Crippen molar-refractivity contribution in [2.75, 3.05) is 18.6 Å². The fourth-order valence-electron chi connectivity index (χ4n) is 2.70. The molecule has 0 spiro atoms. The highest BCUT2D eigenvalue weighted by atomic mass is 35.5. The van der Waals surface area contributed by atoms with Crippen LogP contribution >= 0.6 is 11.6 Å². The predicted octanol–water partition coefficient (Wildman–Crippen LogP) is 3.07. The van der Waals surface area contributed by atoms with E-state index >= 15 is 0 Å². The van der Waals surface area contributed by atoms with Crippen molar-refractivity contribution in [2.45, 2.75) is 19.1 Å². The van der Waals surface area contributed by atoms with Crippen molar-refractivity contribution in [1.29, 1.82) is 0 Å². The van der Waals surface area contributed by atoms with E-state index in [0.717, 1.165) is 0 Å². The maximum absolute atomic E-state index is 13.0. The highest BCUT2D eigenvalue weighted by Gasteiger charge is 2.36. The van der Waals surface area contributed by atoms with Crippen molar-refractivity contribution in [3.05, 3.63) is 53.6 Å². The van der Waals surface area contributed by atoms with Crippen molar-refractivity contribution in [3.8, 4) is 11.5 Å². The Morgan fingerprint density at radius 3 is 2.62 bits per heavy atom. The quantitative estimate of drug-likeness (QED) is 0.768. The second-order valence-electron chi connectivity index (χ2n) is 5.74. The Kier molecular flexibility index (Phi) is 5.32. The molecule has 136 valence electrons. The molecule has 0 aliphatic carbocycles. The molecule has 2 atom stereocenters. The lowest BCUT2D eigenvalue weighted by Gasteiger charge is -2.34. The van der Waals surface area contributed by atoms with E-state index in [1.54, 1.807) is 55.5 Å². The van der Waals surface area contributed by atoms with Gasteiger partial charge < -0.3 is 19.1 Å². The molecule has 1 aliphatic rings. The number of hydrogen-bond donors (Lipinski definition) is 0. The molecule has 1 aliphatic heterocycles. The van der Waals surface area contributed by atoms with Gasteiger partial charge in [0.15, 0.2) is 6.10 Å². The molecule has 0 N–H and O–H groups in total. The van der Waals surface area contributed by atoms with Gasteiger partial charge in [0, 0.05) is 0 Å². The van der Waals surface area contributed by atoms with Gasteiger partial charge in [-0.25, -0.2) is 4.79 Å². The zero-order valence-electron chi connectivity index (χ0n) is 14.3. The number of para-hydroxylation sites is 3. The average Bonchev–Trinajstić information content (AvgIpc) is 2.67. The first-order valence-corrected chi connectivity index (χ1v) is 8.45. The molecule has 0 unspecified atom stereocenters. The number of ether oxygens (including phenoxy) is 3. The molecule has 1 amide bonds. The van der Waals surface area contributed by atoms with Crippen LogP contribution in [-0.4, -0.2) is 37.7 Å². The van der Waals surface area contributed by atoms with Crippen LogP contribution in [0.2, 0.25) is 5.02 Å². The Morgan fingerprint density at radius 1 is 1.19 bits per heavy atom. The van der Waals surface area contributed by atoms with Crippen molar-refractivity contribution in [2.24, 2.45) is 0 Å². The first kappa shape index (κ1) is 18.1. The predicted molar refractivity (Wildman–Crippen MR) is 96.8 cm³/mol. The lowest BCUT2D eigenvalue weighted by molar-refractivity contribution is -0.148. The summed E-state index contributed by atoms with van der Waals surface area (Å²) < 4.78 is 16.1. The van der Waals surface area contributed by atoms with E-state index in [2.05, 4.69) is 0 Å². The largest absolute Gasteiger partial charge is 0.479 e. The molecule has 2 aromatic rings. The number of carbonyl (C=O) groups excluding carboxylic acids is 2. The maximum Gasteiger partial charge on any atom is 0.348 e. The number of benzene rings is 2. The van der Waals surface area contributed by atoms with E-state index in [0.29, 0.717) is 22.2 Å². The van der Waals surface area contributed by atoms with Crippen molar-refractivity contribution in [1.82, 2.24) is 0 Å². The Labute approximate surface area is 156 Å². The second kappa shape index (κ2) is 7.66. The van der Waals surface area contributed by atoms with Gasteiger partial charge in [-0.05, 0) is 31.2 Å². The van der Waals surface area contributed by atoms with Gasteiger partial charge in [-0.2, -0.15) is 0 Å². The number of esters is 1. The summed E-state index contributed by atoms with van der Waals surface area (Å²) in [5.74, 6) is 0.0000683. The number of hydrogen-bond acceptors (Lipinski definition) is 5. The molecule has 0 radical (unpaired) electrons. The normalized spacial score (nSPS) is 16.9. The topological polar surface area (TPSA) is 65.1 Å². The van der Waals surface area contributed by atoms with Crippen LogP contribution in [0.25, 0.3) is 0 Å². The Balaban J connectivity index is 1.85. The molecule has 7 heteroatoms. The molecule has 6 nitrogen and oxygen atoms in total. The molecule has 3 rings (SSSR count). The van der Waals surface area contributed by atoms with Crippen LogP contribution in [0.5, 0.6) is 11.5 Å². The number of halogens is 1. The third kappa shape index (κ3) is 3.60. The fourth-order valence-corrected chi connectivity index (χ4v) is 2.88. The summed E-state index contributed by atoms with van der Waals surface area (Å²) in [5.41, 5.74) is 0.576. The summed E-state index contributed by atoms with van der Waals surface area (Å²) in [6, 6.07) is 13.9. The SMILES string of the molecule is COC(=O)[C@@H]1CN(C(=O)[C@H](C)Oc2ccccc2Cl)c2ccccc2O1. The third-order valence-corrected chi connectivity index (χ3v) is 4.30. The van der Waals surface area contributed by atoms with E-state index in [4.69, 9.17) is 25.8 Å². The highest BCUT2D eigenvalue weighted by molar-refractivity contribution is 6.32. The molecule has 2 aromatic carbocycles. The van der Waals surface area contributed by atoms with E-state index in [9.17, 15) is 9.59 Å². The lowest BCUT2D eigenvalue weighted by atomic mass is 10.1. The van der Waals surface area contributed by atoms with Crippen molar-refractivity contribution < 1.29 is 23.8 Å². The molecule has 0 bridgehead atoms. The molecule has 26 heavy (non-hydrogen) atoms. The summed E-state index contributed by atoms with van der Waals surface area (Å²) in [4.78, 5) is 26.4. The van der Waals surface area contributed by atoms with Gasteiger partial charge in [0.1, 0.15) is 11.5 Å². The standard InChI is InChI=1S/C19H18ClNO5/c1-12(25-15-9-5-3-7-13(15)20)18(22)21-11-17(19(23)24-2)26-16-10-6-4-8-14(16)21/h3-10,12,17H,11H2,1-2H3/t12-,17-/m0/s1. The van der Waals surface area contributed by atoms with Crippen LogP contribution in [0.1, 0.15) is 6.92 Å². The zero-order chi connectivity index (χ0) is 18.7. The van der Waals surface area contributed by atoms with Crippen LogP contribution in [0.4, 0.5) is 5.69 Å². The smallest absolute Gasteiger partial charge is 0.348 e. The van der Waals surface area contributed by atoms with Gasteiger partial charge in [-0.3, -0.25) is 4.79 Å². The zero-order valence-corrected chi connectivity index (χ0v) is 15.1. The molecular formula is C19H18ClNO5. The monoisotopic (exact) mass is 375 g/mol. The maximum atomic E-state index is 13.0. The van der Waals surface area contributed by atoms with Crippen molar-refractivity contribution in [3.63, 3.8) is 0 Å². The fraction of sp³-hybridized carbons (Fsp3) is 0.263. The molecule has 0 saturated heterocycles. The Hall–Kier alpha value is -2.73. The van der Waals surface area contributed by atoms with Gasteiger partial charge in [-0.15, -0.1) is 0 Å². The van der Waals surface area contributed by atoms with E-state index in [1.807, 2.05) is 0 Å². The van der Waals surface area contributed by atoms with Crippen LogP contribution < -0.4 is 14.4 Å². The number of rotatable bonds is 4. The first-order chi connectivity index (χ1) is 12.5. The van der Waals surface area contributed by atoms with Gasteiger partial charge in [0.2, 0.25) is 6.10 Å². The highest BCUT2D eigenvalue weighted by Crippen LogP contribution is 2.34. The third-order valence-electron chi connectivity index (χ3n) is 3.99. The number of nitrogens with zero attached hydrogens (tertiary/aromatic N) is 1. The lowest BCUT2D eigenvalue weighted by Crippen LogP contribution is -2.51. The minimum absolute atomic E-state index is 0.0404. The number of anilines is 1. The first-order valence-electron chi connectivity index (χ1n) is 8.07. The van der Waals surface area contributed by atoms with E-state index in [1.165, 1.54) is 12.0 Å². The Morgan fingerprint density at radius 2 is 1.88 bits per heavy atom. The van der Waals surface area contributed by atoms with Crippen molar-refractivity contribution >= 4 is 29.2 Å². The summed E-state index contributed by atoms with van der Waals surface area (Å²) in [6.45, 7) is 1.68. The van der Waals surface area contributed by atoms with Gasteiger partial charge in [0.05, 0.1) is 24.4 Å². The minimum atomic E-state index is -0.897. The van der Waals surface area contributed by atoms with E-state index in [-0.39, 0.29) is 12.5 Å². The summed E-state index contributed by atoms with van der Waals surface area (Å²) >= 11 is 6.09. The van der Waals surface area contributed by atoms with Crippen LogP contribution in [0, 0.1) is 0 Å². The number of amides is 1. The number of carbonyl (C=O) groups is 2. The summed E-state index contributed by atoms with van der Waals surface area (Å²) in [6.07, 6.45) is -1.70. The number of fused-ring (bicyclic) bond motifs is 1. The average molecular weight is 376 g/mol. The molecule has 0 aromatic heterocycles.